The topological polar surface area (TPSA) is 69.7 Å². The molecular weight excluding hydrogens is 326 g/mol. The van der Waals surface area contributed by atoms with Gasteiger partial charge in [0.1, 0.15) is 0 Å². The number of nitrogens with one attached hydrogen (secondary N) is 1. The third-order valence-electron chi connectivity index (χ3n) is 3.95. The standard InChI is InChI=1S/C17H27N3O3S/c1-17(2,3)18-13-16(21)19-9-11-20(12-10-19)24(22,23)14-15-7-5-4-6-8-15/h4-8,18H,9-14H2,1-3H3. The van der Waals surface area contributed by atoms with Gasteiger partial charge in [-0.25, -0.2) is 8.42 Å². The molecule has 1 fully saturated rings. The minimum absolute atomic E-state index is 0.00731. The SMILES string of the molecule is CC(C)(C)NCC(=O)N1CCN(S(=O)(=O)Cc2ccccc2)CC1. The molecule has 24 heavy (non-hydrogen) atoms. The van der Waals surface area contributed by atoms with Crippen LogP contribution in [0, 0.1) is 0 Å². The summed E-state index contributed by atoms with van der Waals surface area (Å²) in [5.74, 6) is 0.0259. The van der Waals surface area contributed by atoms with Crippen LogP contribution in [0.2, 0.25) is 0 Å². The molecule has 0 radical (unpaired) electrons. The summed E-state index contributed by atoms with van der Waals surface area (Å²) in [5, 5.41) is 3.17. The van der Waals surface area contributed by atoms with Gasteiger partial charge in [0.2, 0.25) is 15.9 Å². The predicted octanol–water partition coefficient (Wildman–Crippen LogP) is 1.05. The van der Waals surface area contributed by atoms with Gasteiger partial charge < -0.3 is 10.2 Å². The lowest BCUT2D eigenvalue weighted by Gasteiger charge is -2.34. The van der Waals surface area contributed by atoms with Crippen molar-refractivity contribution >= 4 is 15.9 Å². The van der Waals surface area contributed by atoms with Crippen LogP contribution < -0.4 is 5.32 Å². The molecule has 7 heteroatoms. The van der Waals surface area contributed by atoms with Crippen molar-refractivity contribution in [1.29, 1.82) is 0 Å². The number of carbonyl (C=O) groups is 1. The fourth-order valence-corrected chi connectivity index (χ4v) is 4.06. The Morgan fingerprint density at radius 2 is 1.67 bits per heavy atom. The largest absolute Gasteiger partial charge is 0.339 e. The summed E-state index contributed by atoms with van der Waals surface area (Å²) in [7, 11) is -3.34. The summed E-state index contributed by atoms with van der Waals surface area (Å²) in [6.45, 7) is 7.90. The van der Waals surface area contributed by atoms with Gasteiger partial charge in [0.15, 0.2) is 0 Å². The number of sulfonamides is 1. The summed E-state index contributed by atoms with van der Waals surface area (Å²) >= 11 is 0. The lowest BCUT2D eigenvalue weighted by molar-refractivity contribution is -0.131. The average Bonchev–Trinajstić information content (AvgIpc) is 2.52. The van der Waals surface area contributed by atoms with Gasteiger partial charge in [0.05, 0.1) is 12.3 Å². The molecular formula is C17H27N3O3S. The van der Waals surface area contributed by atoms with Crippen molar-refractivity contribution in [1.82, 2.24) is 14.5 Å². The normalized spacial score (nSPS) is 17.0. The van der Waals surface area contributed by atoms with Crippen molar-refractivity contribution in [3.8, 4) is 0 Å². The minimum atomic E-state index is -3.34. The lowest BCUT2D eigenvalue weighted by Crippen LogP contribution is -2.53. The highest BCUT2D eigenvalue weighted by Gasteiger charge is 2.29. The van der Waals surface area contributed by atoms with Crippen molar-refractivity contribution in [3.05, 3.63) is 35.9 Å². The molecule has 0 aliphatic carbocycles. The number of piperazine rings is 1. The number of carbonyl (C=O) groups excluding carboxylic acids is 1. The Labute approximate surface area is 144 Å². The Balaban J connectivity index is 1.86. The smallest absolute Gasteiger partial charge is 0.236 e. The van der Waals surface area contributed by atoms with Gasteiger partial charge in [0, 0.05) is 31.7 Å². The quantitative estimate of drug-likeness (QED) is 0.859. The molecule has 1 heterocycles. The van der Waals surface area contributed by atoms with Crippen molar-refractivity contribution in [2.24, 2.45) is 0 Å². The Morgan fingerprint density at radius 1 is 1.08 bits per heavy atom. The van der Waals surface area contributed by atoms with Gasteiger partial charge in [-0.3, -0.25) is 4.79 Å². The molecule has 0 atom stereocenters. The first kappa shape index (κ1) is 18.9. The maximum Gasteiger partial charge on any atom is 0.236 e. The van der Waals surface area contributed by atoms with Gasteiger partial charge in [-0.15, -0.1) is 0 Å². The van der Waals surface area contributed by atoms with Crippen LogP contribution in [0.15, 0.2) is 30.3 Å². The molecule has 0 spiro atoms. The van der Waals surface area contributed by atoms with E-state index in [-0.39, 0.29) is 23.7 Å². The van der Waals surface area contributed by atoms with E-state index >= 15 is 0 Å². The molecule has 1 aromatic rings. The van der Waals surface area contributed by atoms with Crippen LogP contribution in [-0.4, -0.2) is 61.8 Å². The van der Waals surface area contributed by atoms with Gasteiger partial charge in [-0.05, 0) is 26.3 Å². The molecule has 2 rings (SSSR count). The molecule has 0 saturated carbocycles. The molecule has 134 valence electrons. The minimum Gasteiger partial charge on any atom is -0.339 e. The number of hydrogen-bond acceptors (Lipinski definition) is 4. The van der Waals surface area contributed by atoms with E-state index < -0.39 is 10.0 Å². The maximum atomic E-state index is 12.5. The summed E-state index contributed by atoms with van der Waals surface area (Å²) < 4.78 is 26.5. The van der Waals surface area contributed by atoms with Gasteiger partial charge >= 0.3 is 0 Å². The van der Waals surface area contributed by atoms with Crippen LogP contribution in [0.3, 0.4) is 0 Å². The summed E-state index contributed by atoms with van der Waals surface area (Å²) in [6, 6.07) is 9.17. The highest BCUT2D eigenvalue weighted by Crippen LogP contribution is 2.13. The highest BCUT2D eigenvalue weighted by atomic mass is 32.2. The second kappa shape index (κ2) is 7.63. The zero-order valence-electron chi connectivity index (χ0n) is 14.7. The van der Waals surface area contributed by atoms with E-state index in [9.17, 15) is 13.2 Å². The molecule has 1 aliphatic rings. The van der Waals surface area contributed by atoms with Gasteiger partial charge in [-0.2, -0.15) is 4.31 Å². The first-order valence-corrected chi connectivity index (χ1v) is 9.83. The summed E-state index contributed by atoms with van der Waals surface area (Å²) in [5.41, 5.74) is 0.668. The molecule has 1 saturated heterocycles. The Kier molecular flexibility index (Phi) is 6.01. The van der Waals surface area contributed by atoms with E-state index in [4.69, 9.17) is 0 Å². The van der Waals surface area contributed by atoms with Crippen molar-refractivity contribution in [3.63, 3.8) is 0 Å². The fraction of sp³-hybridized carbons (Fsp3) is 0.588. The van der Waals surface area contributed by atoms with E-state index in [2.05, 4.69) is 5.32 Å². The maximum absolute atomic E-state index is 12.5. The van der Waals surface area contributed by atoms with E-state index in [0.29, 0.717) is 26.2 Å². The van der Waals surface area contributed by atoms with Crippen LogP contribution in [-0.2, 0) is 20.6 Å². The first-order valence-electron chi connectivity index (χ1n) is 8.22. The fourth-order valence-electron chi connectivity index (χ4n) is 2.54. The first-order chi connectivity index (χ1) is 11.2. The highest BCUT2D eigenvalue weighted by molar-refractivity contribution is 7.88. The van der Waals surface area contributed by atoms with Crippen LogP contribution >= 0.6 is 0 Å². The average molecular weight is 353 g/mol. The second-order valence-corrected chi connectivity index (χ2v) is 9.09. The second-order valence-electron chi connectivity index (χ2n) is 7.13. The van der Waals surface area contributed by atoms with Crippen molar-refractivity contribution in [2.75, 3.05) is 32.7 Å². The van der Waals surface area contributed by atoms with Crippen LogP contribution in [0.5, 0.6) is 0 Å². The third-order valence-corrected chi connectivity index (χ3v) is 5.80. The molecule has 1 aliphatic heterocycles. The van der Waals surface area contributed by atoms with Crippen molar-refractivity contribution in [2.45, 2.75) is 32.1 Å². The molecule has 6 nitrogen and oxygen atoms in total. The van der Waals surface area contributed by atoms with Gasteiger partial charge in [0.25, 0.3) is 0 Å². The zero-order valence-corrected chi connectivity index (χ0v) is 15.5. The van der Waals surface area contributed by atoms with Crippen LogP contribution in [0.4, 0.5) is 0 Å². The molecule has 0 bridgehead atoms. The Morgan fingerprint density at radius 3 is 2.21 bits per heavy atom. The number of hydrogen-bond donors (Lipinski definition) is 1. The number of rotatable bonds is 5. The number of benzene rings is 1. The predicted molar refractivity (Wildman–Crippen MR) is 95.0 cm³/mol. The molecule has 1 aromatic carbocycles. The lowest BCUT2D eigenvalue weighted by atomic mass is 10.1. The Hall–Kier alpha value is -1.44. The zero-order chi connectivity index (χ0) is 17.8. The Bertz CT molecular complexity index is 645. The number of nitrogens with zero attached hydrogens (tertiary/aromatic N) is 2. The molecule has 1 N–H and O–H groups in total. The van der Waals surface area contributed by atoms with E-state index in [1.807, 2.05) is 51.1 Å². The van der Waals surface area contributed by atoms with Crippen LogP contribution in [0.1, 0.15) is 26.3 Å². The van der Waals surface area contributed by atoms with Gasteiger partial charge in [-0.1, -0.05) is 30.3 Å². The summed E-state index contributed by atoms with van der Waals surface area (Å²) in [4.78, 5) is 13.9. The van der Waals surface area contributed by atoms with E-state index in [0.717, 1.165) is 5.56 Å². The third kappa shape index (κ3) is 5.58. The molecule has 0 unspecified atom stereocenters. The monoisotopic (exact) mass is 353 g/mol. The van der Waals surface area contributed by atoms with Crippen molar-refractivity contribution < 1.29 is 13.2 Å². The van der Waals surface area contributed by atoms with E-state index in [1.54, 1.807) is 4.90 Å². The molecule has 1 amide bonds. The number of amides is 1. The molecule has 0 aromatic heterocycles. The van der Waals surface area contributed by atoms with E-state index in [1.165, 1.54) is 4.31 Å². The van der Waals surface area contributed by atoms with Crippen LogP contribution in [0.25, 0.3) is 0 Å². The summed E-state index contributed by atoms with van der Waals surface area (Å²) in [6.07, 6.45) is 0.